The summed E-state index contributed by atoms with van der Waals surface area (Å²) in [7, 11) is 0. The van der Waals surface area contributed by atoms with Crippen LogP contribution in [-0.4, -0.2) is 36.2 Å². The maximum absolute atomic E-state index is 11.7. The van der Waals surface area contributed by atoms with Crippen molar-refractivity contribution in [3.8, 4) is 5.75 Å². The Morgan fingerprint density at radius 3 is 2.52 bits per heavy atom. The van der Waals surface area contributed by atoms with Gasteiger partial charge >= 0.3 is 5.97 Å². The van der Waals surface area contributed by atoms with Crippen LogP contribution in [0.15, 0.2) is 24.3 Å². The van der Waals surface area contributed by atoms with Crippen LogP contribution in [0.4, 0.5) is 0 Å². The Morgan fingerprint density at radius 2 is 1.95 bits per heavy atom. The number of rotatable bonds is 9. The van der Waals surface area contributed by atoms with Crippen molar-refractivity contribution >= 4 is 11.9 Å². The Morgan fingerprint density at radius 1 is 1.29 bits per heavy atom. The molecule has 1 unspecified atom stereocenters. The Bertz CT molecular complexity index is 459. The Hall–Kier alpha value is -2.08. The zero-order valence-corrected chi connectivity index (χ0v) is 12.2. The SMILES string of the molecule is Cc1ccc(OCC(=O)NC(CCCCN)C(=O)O)cc1. The number of carboxylic acid groups (broad SMARTS) is 1. The highest BCUT2D eigenvalue weighted by Crippen LogP contribution is 2.11. The fraction of sp³-hybridized carbons (Fsp3) is 0.467. The van der Waals surface area contributed by atoms with Gasteiger partial charge in [0, 0.05) is 0 Å². The molecular weight excluding hydrogens is 272 g/mol. The lowest BCUT2D eigenvalue weighted by Gasteiger charge is -2.14. The van der Waals surface area contributed by atoms with Crippen LogP contribution in [0, 0.1) is 6.92 Å². The molecule has 6 nitrogen and oxygen atoms in total. The van der Waals surface area contributed by atoms with Crippen molar-refractivity contribution in [2.75, 3.05) is 13.2 Å². The van der Waals surface area contributed by atoms with Crippen molar-refractivity contribution in [1.82, 2.24) is 5.32 Å². The van der Waals surface area contributed by atoms with E-state index in [-0.39, 0.29) is 6.61 Å². The topological polar surface area (TPSA) is 102 Å². The maximum Gasteiger partial charge on any atom is 0.326 e. The summed E-state index contributed by atoms with van der Waals surface area (Å²) in [5.74, 6) is -0.919. The van der Waals surface area contributed by atoms with Crippen molar-refractivity contribution < 1.29 is 19.4 Å². The fourth-order valence-corrected chi connectivity index (χ4v) is 1.77. The molecule has 1 aromatic carbocycles. The van der Waals surface area contributed by atoms with Gasteiger partial charge in [0.25, 0.3) is 5.91 Å². The molecule has 0 radical (unpaired) electrons. The normalized spacial score (nSPS) is 11.7. The minimum absolute atomic E-state index is 0.205. The zero-order chi connectivity index (χ0) is 15.7. The molecule has 6 heteroatoms. The van der Waals surface area contributed by atoms with Crippen molar-refractivity contribution in [2.45, 2.75) is 32.2 Å². The highest BCUT2D eigenvalue weighted by molar-refractivity contribution is 5.84. The number of carboxylic acids is 1. The van der Waals surface area contributed by atoms with Crippen molar-refractivity contribution in [3.05, 3.63) is 29.8 Å². The van der Waals surface area contributed by atoms with Crippen molar-refractivity contribution in [3.63, 3.8) is 0 Å². The predicted octanol–water partition coefficient (Wildman–Crippen LogP) is 1.07. The molecule has 0 aliphatic carbocycles. The predicted molar refractivity (Wildman–Crippen MR) is 79.1 cm³/mol. The van der Waals surface area contributed by atoms with Gasteiger partial charge in [0.1, 0.15) is 11.8 Å². The Balaban J connectivity index is 2.39. The van der Waals surface area contributed by atoms with E-state index < -0.39 is 17.9 Å². The summed E-state index contributed by atoms with van der Waals surface area (Å²) in [4.78, 5) is 22.8. The Labute approximate surface area is 124 Å². The second-order valence-electron chi connectivity index (χ2n) is 4.84. The van der Waals surface area contributed by atoms with Crippen LogP contribution in [0.2, 0.25) is 0 Å². The molecule has 0 aliphatic rings. The minimum Gasteiger partial charge on any atom is -0.484 e. The lowest BCUT2D eigenvalue weighted by molar-refractivity contribution is -0.142. The number of carbonyl (C=O) groups is 2. The molecule has 1 atom stereocenters. The van der Waals surface area contributed by atoms with E-state index in [1.165, 1.54) is 0 Å². The van der Waals surface area contributed by atoms with Crippen molar-refractivity contribution in [1.29, 1.82) is 0 Å². The van der Waals surface area contributed by atoms with Gasteiger partial charge in [0.05, 0.1) is 0 Å². The van der Waals surface area contributed by atoms with Gasteiger partial charge < -0.3 is 20.9 Å². The van der Waals surface area contributed by atoms with Crippen LogP contribution in [0.25, 0.3) is 0 Å². The largest absolute Gasteiger partial charge is 0.484 e. The second kappa shape index (κ2) is 8.97. The number of hydrogen-bond acceptors (Lipinski definition) is 4. The summed E-state index contributed by atoms with van der Waals surface area (Å²) >= 11 is 0. The molecular formula is C15H22N2O4. The monoisotopic (exact) mass is 294 g/mol. The molecule has 0 heterocycles. The molecule has 4 N–H and O–H groups in total. The summed E-state index contributed by atoms with van der Waals surface area (Å²) in [5, 5.41) is 11.5. The van der Waals surface area contributed by atoms with Gasteiger partial charge in [-0.05, 0) is 44.9 Å². The van der Waals surface area contributed by atoms with Gasteiger partial charge in [0.2, 0.25) is 0 Å². The van der Waals surface area contributed by atoms with Crippen LogP contribution in [0.5, 0.6) is 5.75 Å². The van der Waals surface area contributed by atoms with Gasteiger partial charge in [0.15, 0.2) is 6.61 Å². The van der Waals surface area contributed by atoms with Crippen LogP contribution in [0.3, 0.4) is 0 Å². The number of nitrogens with two attached hydrogens (primary N) is 1. The van der Waals surface area contributed by atoms with E-state index in [1.807, 2.05) is 19.1 Å². The summed E-state index contributed by atoms with van der Waals surface area (Å²) in [6, 6.07) is 6.38. The molecule has 1 rings (SSSR count). The minimum atomic E-state index is -1.05. The molecule has 1 amide bonds. The van der Waals surface area contributed by atoms with E-state index in [2.05, 4.69) is 5.32 Å². The van der Waals surface area contributed by atoms with E-state index in [0.29, 0.717) is 25.1 Å². The van der Waals surface area contributed by atoms with Crippen LogP contribution < -0.4 is 15.8 Å². The highest BCUT2D eigenvalue weighted by Gasteiger charge is 2.19. The third-order valence-corrected chi connectivity index (χ3v) is 2.97. The van der Waals surface area contributed by atoms with Gasteiger partial charge in [-0.15, -0.1) is 0 Å². The number of hydrogen-bond donors (Lipinski definition) is 3. The number of aryl methyl sites for hydroxylation is 1. The molecule has 0 spiro atoms. The number of carbonyl (C=O) groups excluding carboxylic acids is 1. The average Bonchev–Trinajstić information content (AvgIpc) is 2.45. The molecule has 0 fully saturated rings. The maximum atomic E-state index is 11.7. The standard InChI is InChI=1S/C15H22N2O4/c1-11-5-7-12(8-6-11)21-10-14(18)17-13(15(19)20)4-2-3-9-16/h5-8,13H,2-4,9-10,16H2,1H3,(H,17,18)(H,19,20). The summed E-state index contributed by atoms with van der Waals surface area (Å²) in [5.41, 5.74) is 6.46. The van der Waals surface area contributed by atoms with E-state index in [0.717, 1.165) is 12.0 Å². The third-order valence-electron chi connectivity index (χ3n) is 2.97. The van der Waals surface area contributed by atoms with Gasteiger partial charge in [-0.2, -0.15) is 0 Å². The Kier molecular flexibility index (Phi) is 7.25. The molecule has 0 saturated heterocycles. The molecule has 21 heavy (non-hydrogen) atoms. The van der Waals surface area contributed by atoms with Crippen LogP contribution in [0.1, 0.15) is 24.8 Å². The van der Waals surface area contributed by atoms with E-state index in [9.17, 15) is 9.59 Å². The first-order chi connectivity index (χ1) is 10.0. The first-order valence-electron chi connectivity index (χ1n) is 6.94. The molecule has 116 valence electrons. The first-order valence-corrected chi connectivity index (χ1v) is 6.94. The average molecular weight is 294 g/mol. The highest BCUT2D eigenvalue weighted by atomic mass is 16.5. The van der Waals surface area contributed by atoms with E-state index >= 15 is 0 Å². The van der Waals surface area contributed by atoms with Gasteiger partial charge in [-0.1, -0.05) is 17.7 Å². The number of unbranched alkanes of at least 4 members (excludes halogenated alkanes) is 1. The lowest BCUT2D eigenvalue weighted by Crippen LogP contribution is -2.43. The number of ether oxygens (including phenoxy) is 1. The fourth-order valence-electron chi connectivity index (χ4n) is 1.77. The van der Waals surface area contributed by atoms with Crippen LogP contribution >= 0.6 is 0 Å². The molecule has 0 bridgehead atoms. The lowest BCUT2D eigenvalue weighted by atomic mass is 10.1. The summed E-state index contributed by atoms with van der Waals surface area (Å²) in [6.45, 7) is 2.26. The summed E-state index contributed by atoms with van der Waals surface area (Å²) < 4.78 is 5.30. The number of amides is 1. The first kappa shape index (κ1) is 17.0. The van der Waals surface area contributed by atoms with Crippen molar-refractivity contribution in [2.24, 2.45) is 5.73 Å². The molecule has 1 aromatic rings. The number of nitrogens with one attached hydrogen (secondary N) is 1. The zero-order valence-electron chi connectivity index (χ0n) is 12.2. The van der Waals surface area contributed by atoms with Crippen LogP contribution in [-0.2, 0) is 9.59 Å². The smallest absolute Gasteiger partial charge is 0.326 e. The molecule has 0 saturated carbocycles. The number of aliphatic carboxylic acids is 1. The van der Waals surface area contributed by atoms with E-state index in [4.69, 9.17) is 15.6 Å². The van der Waals surface area contributed by atoms with E-state index in [1.54, 1.807) is 12.1 Å². The number of benzene rings is 1. The van der Waals surface area contributed by atoms with Gasteiger partial charge in [-0.3, -0.25) is 4.79 Å². The second-order valence-corrected chi connectivity index (χ2v) is 4.84. The summed E-state index contributed by atoms with van der Waals surface area (Å²) in [6.07, 6.45) is 1.76. The molecule has 0 aromatic heterocycles. The molecule has 0 aliphatic heterocycles. The van der Waals surface area contributed by atoms with Gasteiger partial charge in [-0.25, -0.2) is 4.79 Å². The quantitative estimate of drug-likeness (QED) is 0.591. The third kappa shape index (κ3) is 6.76.